The molecule has 0 spiro atoms. The first-order valence-corrected chi connectivity index (χ1v) is 8.71. The number of hydrogen-bond acceptors (Lipinski definition) is 6. The zero-order valence-electron chi connectivity index (χ0n) is 15.2. The number of carbonyl (C=O) groups is 1. The minimum absolute atomic E-state index is 0.0329. The van der Waals surface area contributed by atoms with Crippen LogP contribution < -0.4 is 16.0 Å². The Bertz CT molecular complexity index is 1170. The zero-order valence-corrected chi connectivity index (χ0v) is 15.2. The van der Waals surface area contributed by atoms with Gasteiger partial charge in [0, 0.05) is 30.5 Å². The fourth-order valence-corrected chi connectivity index (χ4v) is 3.93. The molecule has 1 unspecified atom stereocenters. The van der Waals surface area contributed by atoms with E-state index in [1.165, 1.54) is 18.2 Å². The zero-order chi connectivity index (χ0) is 20.2. The molecule has 144 valence electrons. The first-order valence-electron chi connectivity index (χ1n) is 8.71. The summed E-state index contributed by atoms with van der Waals surface area (Å²) < 4.78 is 5.78. The predicted octanol–water partition coefficient (Wildman–Crippen LogP) is 2.14. The smallest absolute Gasteiger partial charge is 0.328 e. The Hall–Kier alpha value is -3.49. The molecule has 0 bridgehead atoms. The number of rotatable bonds is 2. The Morgan fingerprint density at radius 1 is 1.18 bits per heavy atom. The van der Waals surface area contributed by atoms with Crippen molar-refractivity contribution in [2.24, 2.45) is 5.41 Å². The van der Waals surface area contributed by atoms with Gasteiger partial charge in [0.05, 0.1) is 16.4 Å². The van der Waals surface area contributed by atoms with Crippen molar-refractivity contribution >= 4 is 11.5 Å². The van der Waals surface area contributed by atoms with Gasteiger partial charge in [0.2, 0.25) is 5.88 Å². The number of fused-ring (bicyclic) bond motifs is 1. The monoisotopic (exact) mass is 383 g/mol. The number of Topliss-reactive ketones (excluding diaryl/α,β-unsaturated/α-hetero) is 1. The third kappa shape index (κ3) is 2.84. The molecule has 0 saturated carbocycles. The second kappa shape index (κ2) is 6.01. The van der Waals surface area contributed by atoms with Gasteiger partial charge < -0.3 is 4.74 Å². The molecular formula is C19H17N3O6. The highest BCUT2D eigenvalue weighted by Gasteiger charge is 2.43. The number of ketones is 1. The number of nitro benzene ring substituents is 1. The molecule has 1 aromatic carbocycles. The second-order valence-corrected chi connectivity index (χ2v) is 7.82. The summed E-state index contributed by atoms with van der Waals surface area (Å²) in [5.41, 5.74) is -1.14. The van der Waals surface area contributed by atoms with E-state index in [-0.39, 0.29) is 34.7 Å². The Morgan fingerprint density at radius 2 is 1.93 bits per heavy atom. The van der Waals surface area contributed by atoms with Crippen LogP contribution in [0.25, 0.3) is 0 Å². The number of carbonyl (C=O) groups excluding carboxylic acids is 1. The summed E-state index contributed by atoms with van der Waals surface area (Å²) in [5, 5.41) is 11.2. The van der Waals surface area contributed by atoms with Crippen LogP contribution in [0.1, 0.15) is 43.7 Å². The minimum Gasteiger partial charge on any atom is -0.444 e. The van der Waals surface area contributed by atoms with Gasteiger partial charge >= 0.3 is 5.69 Å². The normalized spacial score (nSPS) is 20.2. The summed E-state index contributed by atoms with van der Waals surface area (Å²) in [7, 11) is 0. The topological polar surface area (TPSA) is 135 Å². The Balaban J connectivity index is 2.01. The molecule has 9 heteroatoms. The van der Waals surface area contributed by atoms with Crippen molar-refractivity contribution < 1.29 is 14.5 Å². The second-order valence-electron chi connectivity index (χ2n) is 7.82. The number of nitrogens with one attached hydrogen (secondary N) is 2. The van der Waals surface area contributed by atoms with Crippen LogP contribution in [0.4, 0.5) is 5.69 Å². The third-order valence-corrected chi connectivity index (χ3v) is 5.04. The highest BCUT2D eigenvalue weighted by molar-refractivity contribution is 6.00. The van der Waals surface area contributed by atoms with E-state index >= 15 is 0 Å². The van der Waals surface area contributed by atoms with E-state index in [0.29, 0.717) is 23.3 Å². The molecule has 0 amide bonds. The molecule has 0 radical (unpaired) electrons. The lowest BCUT2D eigenvalue weighted by Crippen LogP contribution is -2.37. The molecule has 1 aliphatic carbocycles. The SMILES string of the molecule is CC1(C)CC(=O)C2=C(C1)Oc1[nH]c(=O)[nH]c(=O)c1C2c1cccc([N+](=O)[O-])c1. The third-order valence-electron chi connectivity index (χ3n) is 5.04. The van der Waals surface area contributed by atoms with Crippen molar-refractivity contribution in [3.05, 3.63) is 77.7 Å². The average Bonchev–Trinajstić information content (AvgIpc) is 2.58. The standard InChI is InChI=1S/C19H17N3O6/c1-19(2)7-11(23)14-12(8-19)28-17-15(16(24)20-18(25)21-17)13(14)9-4-3-5-10(6-9)22(26)27/h3-6,13H,7-8H2,1-2H3,(H2,20,21,24,25). The first-order chi connectivity index (χ1) is 13.2. The van der Waals surface area contributed by atoms with Crippen molar-refractivity contribution in [3.63, 3.8) is 0 Å². The molecular weight excluding hydrogens is 366 g/mol. The molecule has 4 rings (SSSR count). The maximum Gasteiger partial charge on any atom is 0.328 e. The van der Waals surface area contributed by atoms with Crippen LogP contribution in [0.2, 0.25) is 0 Å². The van der Waals surface area contributed by atoms with Crippen LogP contribution in [0.15, 0.2) is 45.2 Å². The number of aromatic amines is 2. The number of hydrogen-bond donors (Lipinski definition) is 2. The molecule has 2 N–H and O–H groups in total. The molecule has 2 heterocycles. The van der Waals surface area contributed by atoms with Gasteiger partial charge in [0.1, 0.15) is 5.76 Å². The van der Waals surface area contributed by atoms with E-state index < -0.39 is 22.1 Å². The van der Waals surface area contributed by atoms with Crippen LogP contribution in [-0.2, 0) is 4.79 Å². The van der Waals surface area contributed by atoms with E-state index in [4.69, 9.17) is 4.74 Å². The van der Waals surface area contributed by atoms with Gasteiger partial charge in [-0.1, -0.05) is 26.0 Å². The van der Waals surface area contributed by atoms with Gasteiger partial charge in [0.25, 0.3) is 11.2 Å². The fourth-order valence-electron chi connectivity index (χ4n) is 3.93. The summed E-state index contributed by atoms with van der Waals surface area (Å²) in [5.74, 6) is -0.692. The quantitative estimate of drug-likeness (QED) is 0.602. The number of nitrogens with zero attached hydrogens (tertiary/aromatic N) is 1. The highest BCUT2D eigenvalue weighted by Crippen LogP contribution is 2.48. The summed E-state index contributed by atoms with van der Waals surface area (Å²) >= 11 is 0. The Labute approximate surface area is 158 Å². The lowest BCUT2D eigenvalue weighted by molar-refractivity contribution is -0.384. The van der Waals surface area contributed by atoms with E-state index in [2.05, 4.69) is 9.97 Å². The Morgan fingerprint density at radius 3 is 2.64 bits per heavy atom. The summed E-state index contributed by atoms with van der Waals surface area (Å²) in [4.78, 5) is 52.6. The first kappa shape index (κ1) is 17.9. The van der Waals surface area contributed by atoms with Crippen LogP contribution in [0.3, 0.4) is 0 Å². The van der Waals surface area contributed by atoms with Crippen LogP contribution in [0, 0.1) is 15.5 Å². The lowest BCUT2D eigenvalue weighted by Gasteiger charge is -2.37. The van der Waals surface area contributed by atoms with Crippen molar-refractivity contribution in [2.75, 3.05) is 0 Å². The van der Waals surface area contributed by atoms with Gasteiger partial charge in [-0.05, 0) is 11.0 Å². The average molecular weight is 383 g/mol. The minimum atomic E-state index is -0.858. The molecule has 9 nitrogen and oxygen atoms in total. The number of H-pyrrole nitrogens is 2. The van der Waals surface area contributed by atoms with Crippen LogP contribution in [-0.4, -0.2) is 20.7 Å². The summed E-state index contributed by atoms with van der Waals surface area (Å²) in [6.07, 6.45) is 0.699. The molecule has 28 heavy (non-hydrogen) atoms. The van der Waals surface area contributed by atoms with Crippen molar-refractivity contribution in [1.82, 2.24) is 9.97 Å². The number of allylic oxidation sites excluding steroid dienone is 2. The number of aromatic nitrogens is 2. The van der Waals surface area contributed by atoms with E-state index in [1.54, 1.807) is 6.07 Å². The van der Waals surface area contributed by atoms with Crippen molar-refractivity contribution in [3.8, 4) is 5.88 Å². The molecule has 1 aliphatic heterocycles. The predicted molar refractivity (Wildman–Crippen MR) is 98.3 cm³/mol. The number of non-ortho nitro benzene ring substituents is 1. The van der Waals surface area contributed by atoms with Crippen LogP contribution >= 0.6 is 0 Å². The summed E-state index contributed by atoms with van der Waals surface area (Å²) in [6.45, 7) is 3.85. The van der Waals surface area contributed by atoms with Gasteiger partial charge in [-0.25, -0.2) is 4.79 Å². The van der Waals surface area contributed by atoms with E-state index in [0.717, 1.165) is 0 Å². The van der Waals surface area contributed by atoms with Gasteiger partial charge in [0.15, 0.2) is 5.78 Å². The molecule has 1 atom stereocenters. The molecule has 1 aromatic heterocycles. The van der Waals surface area contributed by atoms with Gasteiger partial charge in [-0.15, -0.1) is 0 Å². The van der Waals surface area contributed by atoms with Gasteiger partial charge in [-0.3, -0.25) is 29.7 Å². The number of benzene rings is 1. The molecule has 2 aliphatic rings. The van der Waals surface area contributed by atoms with E-state index in [1.807, 2.05) is 13.8 Å². The lowest BCUT2D eigenvalue weighted by atomic mass is 9.70. The maximum atomic E-state index is 13.0. The number of ether oxygens (including phenoxy) is 1. The van der Waals surface area contributed by atoms with Gasteiger partial charge in [-0.2, -0.15) is 0 Å². The van der Waals surface area contributed by atoms with Crippen molar-refractivity contribution in [2.45, 2.75) is 32.6 Å². The maximum absolute atomic E-state index is 13.0. The van der Waals surface area contributed by atoms with Crippen LogP contribution in [0.5, 0.6) is 5.88 Å². The van der Waals surface area contributed by atoms with E-state index in [9.17, 15) is 24.5 Å². The largest absolute Gasteiger partial charge is 0.444 e. The molecule has 2 aromatic rings. The Kier molecular flexibility index (Phi) is 3.84. The molecule has 0 fully saturated rings. The summed E-state index contributed by atoms with van der Waals surface area (Å²) in [6, 6.07) is 5.79. The molecule has 0 saturated heterocycles. The fraction of sp³-hybridized carbons (Fsp3) is 0.316. The number of nitro groups is 1. The highest BCUT2D eigenvalue weighted by atomic mass is 16.6. The van der Waals surface area contributed by atoms with Crippen molar-refractivity contribution in [1.29, 1.82) is 0 Å².